The molecule has 6 nitrogen and oxygen atoms in total. The van der Waals surface area contributed by atoms with Crippen molar-refractivity contribution < 1.29 is 23.8 Å². The number of esters is 1. The lowest BCUT2D eigenvalue weighted by Crippen LogP contribution is -2.24. The van der Waals surface area contributed by atoms with Gasteiger partial charge in [-0.15, -0.1) is 11.8 Å². The van der Waals surface area contributed by atoms with Gasteiger partial charge < -0.3 is 19.5 Å². The average molecular weight is 394 g/mol. The highest BCUT2D eigenvalue weighted by molar-refractivity contribution is 8.00. The van der Waals surface area contributed by atoms with E-state index in [4.69, 9.17) is 25.8 Å². The molecule has 0 fully saturated rings. The van der Waals surface area contributed by atoms with Crippen molar-refractivity contribution >= 4 is 40.9 Å². The molecule has 2 aromatic carbocycles. The van der Waals surface area contributed by atoms with E-state index in [2.05, 4.69) is 5.32 Å². The summed E-state index contributed by atoms with van der Waals surface area (Å²) in [6.07, 6.45) is 0. The van der Waals surface area contributed by atoms with Gasteiger partial charge in [0, 0.05) is 21.7 Å². The minimum Gasteiger partial charge on any atom is -0.455 e. The zero-order valence-electron chi connectivity index (χ0n) is 13.9. The van der Waals surface area contributed by atoms with Crippen molar-refractivity contribution in [1.82, 2.24) is 0 Å². The second-order valence-electron chi connectivity index (χ2n) is 5.44. The highest BCUT2D eigenvalue weighted by Crippen LogP contribution is 2.34. The molecule has 0 aromatic heterocycles. The van der Waals surface area contributed by atoms with Crippen LogP contribution in [0.1, 0.15) is 6.92 Å². The SMILES string of the molecule is C[C@@H](Sc1ccc(Cl)cc1)C(=O)OCC(=O)Nc1ccc2c(c1)OCO2. The fourth-order valence-electron chi connectivity index (χ4n) is 2.19. The molecule has 2 aromatic rings. The Morgan fingerprint density at radius 2 is 1.92 bits per heavy atom. The standard InChI is InChI=1S/C18H16ClNO5S/c1-11(26-14-5-2-12(19)3-6-14)18(22)23-9-17(21)20-13-4-7-15-16(8-13)25-10-24-15/h2-8,11H,9-10H2,1H3,(H,20,21)/t11-/m1/s1. The van der Waals surface area contributed by atoms with E-state index in [-0.39, 0.29) is 13.4 Å². The highest BCUT2D eigenvalue weighted by Gasteiger charge is 2.18. The van der Waals surface area contributed by atoms with Crippen molar-refractivity contribution in [2.24, 2.45) is 0 Å². The van der Waals surface area contributed by atoms with Crippen LogP contribution in [0.15, 0.2) is 47.4 Å². The second kappa shape index (κ2) is 8.33. The molecule has 0 radical (unpaired) electrons. The Balaban J connectivity index is 1.46. The molecule has 0 saturated heterocycles. The number of rotatable bonds is 6. The molecule has 1 aliphatic heterocycles. The van der Waals surface area contributed by atoms with Crippen LogP contribution in [0.2, 0.25) is 5.02 Å². The average Bonchev–Trinajstić information content (AvgIpc) is 3.09. The third-order valence-electron chi connectivity index (χ3n) is 3.46. The smallest absolute Gasteiger partial charge is 0.319 e. The third-order valence-corrected chi connectivity index (χ3v) is 4.80. The van der Waals surface area contributed by atoms with Gasteiger partial charge in [0.05, 0.1) is 0 Å². The van der Waals surface area contributed by atoms with Crippen molar-refractivity contribution in [3.63, 3.8) is 0 Å². The van der Waals surface area contributed by atoms with Crippen LogP contribution < -0.4 is 14.8 Å². The minimum atomic E-state index is -0.467. The molecule has 0 aliphatic carbocycles. The van der Waals surface area contributed by atoms with Crippen LogP contribution in [-0.2, 0) is 14.3 Å². The minimum absolute atomic E-state index is 0.160. The number of anilines is 1. The molecule has 1 heterocycles. The molecular weight excluding hydrogens is 378 g/mol. The second-order valence-corrected chi connectivity index (χ2v) is 7.29. The van der Waals surface area contributed by atoms with Gasteiger partial charge >= 0.3 is 5.97 Å². The van der Waals surface area contributed by atoms with Crippen molar-refractivity contribution in [3.05, 3.63) is 47.5 Å². The normalized spacial score (nSPS) is 13.2. The first-order valence-corrected chi connectivity index (χ1v) is 9.05. The summed E-state index contributed by atoms with van der Waals surface area (Å²) in [6.45, 7) is 1.52. The Morgan fingerprint density at radius 3 is 2.69 bits per heavy atom. The van der Waals surface area contributed by atoms with Crippen LogP contribution in [0.4, 0.5) is 5.69 Å². The number of fused-ring (bicyclic) bond motifs is 1. The summed E-state index contributed by atoms with van der Waals surface area (Å²) in [5.41, 5.74) is 0.541. The van der Waals surface area contributed by atoms with Gasteiger partial charge in [0.25, 0.3) is 5.91 Å². The van der Waals surface area contributed by atoms with Gasteiger partial charge in [0.15, 0.2) is 18.1 Å². The van der Waals surface area contributed by atoms with E-state index in [1.54, 1.807) is 37.3 Å². The molecular formula is C18H16ClNO5S. The van der Waals surface area contributed by atoms with Gasteiger partial charge in [-0.05, 0) is 43.3 Å². The van der Waals surface area contributed by atoms with E-state index in [1.165, 1.54) is 11.8 Å². The molecule has 0 saturated carbocycles. The molecule has 8 heteroatoms. The Bertz CT molecular complexity index is 812. The van der Waals surface area contributed by atoms with Crippen molar-refractivity contribution in [1.29, 1.82) is 0 Å². The first-order valence-electron chi connectivity index (χ1n) is 7.79. The van der Waals surface area contributed by atoms with Gasteiger partial charge in [0.1, 0.15) is 5.25 Å². The number of carbonyl (C=O) groups excluding carboxylic acids is 2. The number of hydrogen-bond donors (Lipinski definition) is 1. The summed E-state index contributed by atoms with van der Waals surface area (Å²) < 4.78 is 15.5. The summed E-state index contributed by atoms with van der Waals surface area (Å²) in [5.74, 6) is 0.293. The summed E-state index contributed by atoms with van der Waals surface area (Å²) in [6, 6.07) is 12.2. The zero-order chi connectivity index (χ0) is 18.5. The first kappa shape index (κ1) is 18.4. The van der Waals surface area contributed by atoms with Crippen molar-refractivity contribution in [2.45, 2.75) is 17.1 Å². The molecule has 1 atom stereocenters. The van der Waals surface area contributed by atoms with E-state index < -0.39 is 17.1 Å². The molecule has 1 N–H and O–H groups in total. The summed E-state index contributed by atoms with van der Waals surface area (Å²) in [4.78, 5) is 24.9. The molecule has 0 unspecified atom stereocenters. The van der Waals surface area contributed by atoms with Gasteiger partial charge in [-0.25, -0.2) is 0 Å². The molecule has 1 amide bonds. The van der Waals surface area contributed by atoms with Crippen molar-refractivity contribution in [2.75, 3.05) is 18.7 Å². The van der Waals surface area contributed by atoms with Crippen LogP contribution in [0, 0.1) is 0 Å². The fraction of sp³-hybridized carbons (Fsp3) is 0.222. The number of carbonyl (C=O) groups is 2. The van der Waals surface area contributed by atoms with Crippen LogP contribution in [0.25, 0.3) is 0 Å². The number of thioether (sulfide) groups is 1. The van der Waals surface area contributed by atoms with E-state index in [0.29, 0.717) is 22.2 Å². The number of benzene rings is 2. The van der Waals surface area contributed by atoms with Crippen molar-refractivity contribution in [3.8, 4) is 11.5 Å². The molecule has 0 bridgehead atoms. The van der Waals surface area contributed by atoms with E-state index in [9.17, 15) is 9.59 Å². The molecule has 26 heavy (non-hydrogen) atoms. The van der Waals surface area contributed by atoms with Crippen LogP contribution in [0.3, 0.4) is 0 Å². The number of amides is 1. The van der Waals surface area contributed by atoms with Crippen LogP contribution >= 0.6 is 23.4 Å². The lowest BCUT2D eigenvalue weighted by molar-refractivity contribution is -0.146. The quantitative estimate of drug-likeness (QED) is 0.595. The lowest BCUT2D eigenvalue weighted by Gasteiger charge is -2.11. The van der Waals surface area contributed by atoms with Gasteiger partial charge in [0.2, 0.25) is 6.79 Å². The monoisotopic (exact) mass is 393 g/mol. The fourth-order valence-corrected chi connectivity index (χ4v) is 3.18. The maximum Gasteiger partial charge on any atom is 0.319 e. The van der Waals surface area contributed by atoms with Crippen LogP contribution in [0.5, 0.6) is 11.5 Å². The third kappa shape index (κ3) is 4.83. The van der Waals surface area contributed by atoms with E-state index >= 15 is 0 Å². The molecule has 136 valence electrons. The van der Waals surface area contributed by atoms with Crippen LogP contribution in [-0.4, -0.2) is 30.5 Å². The lowest BCUT2D eigenvalue weighted by atomic mass is 10.3. The topological polar surface area (TPSA) is 73.9 Å². The van der Waals surface area contributed by atoms with Gasteiger partial charge in [-0.1, -0.05) is 11.6 Å². The Hall–Kier alpha value is -2.38. The summed E-state index contributed by atoms with van der Waals surface area (Å²) in [7, 11) is 0. The van der Waals surface area contributed by atoms with E-state index in [0.717, 1.165) is 4.90 Å². The van der Waals surface area contributed by atoms with E-state index in [1.807, 2.05) is 12.1 Å². The number of hydrogen-bond acceptors (Lipinski definition) is 6. The van der Waals surface area contributed by atoms with Gasteiger partial charge in [-0.2, -0.15) is 0 Å². The summed E-state index contributed by atoms with van der Waals surface area (Å²) >= 11 is 7.17. The first-order chi connectivity index (χ1) is 12.5. The predicted octanol–water partition coefficient (Wildman–Crippen LogP) is 3.73. The number of nitrogens with one attached hydrogen (secondary N) is 1. The predicted molar refractivity (Wildman–Crippen MR) is 98.9 cm³/mol. The summed E-state index contributed by atoms with van der Waals surface area (Å²) in [5, 5.41) is 2.83. The number of halogens is 1. The maximum atomic E-state index is 12.0. The molecule has 0 spiro atoms. The Labute approximate surface area is 159 Å². The Morgan fingerprint density at radius 1 is 1.19 bits per heavy atom. The largest absolute Gasteiger partial charge is 0.455 e. The number of ether oxygens (including phenoxy) is 3. The highest BCUT2D eigenvalue weighted by atomic mass is 35.5. The Kier molecular flexibility index (Phi) is 5.90. The maximum absolute atomic E-state index is 12.0. The molecule has 3 rings (SSSR count). The van der Waals surface area contributed by atoms with Gasteiger partial charge in [-0.3, -0.25) is 9.59 Å². The molecule has 1 aliphatic rings. The zero-order valence-corrected chi connectivity index (χ0v) is 15.4.